The van der Waals surface area contributed by atoms with Gasteiger partial charge in [-0.25, -0.2) is 0 Å². The van der Waals surface area contributed by atoms with Gasteiger partial charge in [0.05, 0.1) is 0 Å². The van der Waals surface area contributed by atoms with Crippen molar-refractivity contribution < 1.29 is 4.79 Å². The average Bonchev–Trinajstić information content (AvgIpc) is 3.09. The number of hydrogen-bond acceptors (Lipinski definition) is 4. The molecule has 5 nitrogen and oxygen atoms in total. The molecule has 1 saturated carbocycles. The van der Waals surface area contributed by atoms with Gasteiger partial charge >= 0.3 is 0 Å². The summed E-state index contributed by atoms with van der Waals surface area (Å²) in [4.78, 5) is 14.0. The Kier molecular flexibility index (Phi) is 5.31. The normalized spacial score (nSPS) is 17.7. The van der Waals surface area contributed by atoms with E-state index in [-0.39, 0.29) is 5.91 Å². The van der Waals surface area contributed by atoms with Crippen LogP contribution in [0.25, 0.3) is 0 Å². The largest absolute Gasteiger partial charge is 0.320 e. The maximum Gasteiger partial charge on any atom is 0.276 e. The second-order valence-electron chi connectivity index (χ2n) is 7.26. The van der Waals surface area contributed by atoms with Gasteiger partial charge in [0.1, 0.15) is 0 Å². The molecule has 1 fully saturated rings. The van der Waals surface area contributed by atoms with E-state index in [1.165, 1.54) is 37.0 Å². The molecule has 0 saturated heterocycles. The summed E-state index contributed by atoms with van der Waals surface area (Å²) in [5.41, 5.74) is 4.54. The molecule has 26 heavy (non-hydrogen) atoms. The van der Waals surface area contributed by atoms with E-state index in [1.54, 1.807) is 0 Å². The first-order chi connectivity index (χ1) is 12.7. The molecule has 6 heteroatoms. The van der Waals surface area contributed by atoms with E-state index in [0.717, 1.165) is 40.7 Å². The Labute approximate surface area is 158 Å². The van der Waals surface area contributed by atoms with Crippen LogP contribution in [0.1, 0.15) is 59.4 Å². The first-order valence-corrected chi connectivity index (χ1v) is 10.4. The minimum atomic E-state index is -0.137. The van der Waals surface area contributed by atoms with E-state index in [9.17, 15) is 4.79 Å². The number of aromatic amines is 1. The molecular weight excluding hydrogens is 344 g/mol. The molecule has 1 aliphatic heterocycles. The fourth-order valence-electron chi connectivity index (χ4n) is 3.82. The monoisotopic (exact) mass is 370 g/mol. The van der Waals surface area contributed by atoms with Crippen molar-refractivity contribution >= 4 is 23.4 Å². The third kappa shape index (κ3) is 3.81. The number of amides is 1. The zero-order chi connectivity index (χ0) is 17.9. The summed E-state index contributed by atoms with van der Waals surface area (Å²) < 4.78 is 0. The van der Waals surface area contributed by atoms with Crippen LogP contribution in [0, 0.1) is 6.92 Å². The Balaban J connectivity index is 1.44. The van der Waals surface area contributed by atoms with E-state index in [1.807, 2.05) is 17.8 Å². The van der Waals surface area contributed by atoms with Gasteiger partial charge in [-0.1, -0.05) is 19.3 Å². The van der Waals surface area contributed by atoms with Crippen LogP contribution < -0.4 is 10.6 Å². The molecule has 1 aliphatic carbocycles. The van der Waals surface area contributed by atoms with Crippen molar-refractivity contribution in [3.63, 3.8) is 0 Å². The number of nitrogens with one attached hydrogen (secondary N) is 3. The maximum atomic E-state index is 12.7. The number of carbonyl (C=O) groups excluding carboxylic acids is 1. The first kappa shape index (κ1) is 17.6. The minimum Gasteiger partial charge on any atom is -0.320 e. The van der Waals surface area contributed by atoms with Crippen molar-refractivity contribution in [2.45, 2.75) is 62.1 Å². The molecule has 3 N–H and O–H groups in total. The lowest BCUT2D eigenvalue weighted by Gasteiger charge is -2.21. The SMILES string of the molecule is Cc1cc(SC2CCCCC2)ccc1NC(=O)c1n[nH]c2c1CNCC2. The molecule has 0 unspecified atom stereocenters. The van der Waals surface area contributed by atoms with Gasteiger partial charge in [-0.2, -0.15) is 5.10 Å². The van der Waals surface area contributed by atoms with Crippen LogP contribution >= 0.6 is 11.8 Å². The molecule has 2 aliphatic rings. The van der Waals surface area contributed by atoms with Crippen LogP contribution in [0.5, 0.6) is 0 Å². The van der Waals surface area contributed by atoms with Gasteiger partial charge in [0.2, 0.25) is 0 Å². The third-order valence-electron chi connectivity index (χ3n) is 5.32. The quantitative estimate of drug-likeness (QED) is 0.760. The Morgan fingerprint density at radius 2 is 2.12 bits per heavy atom. The van der Waals surface area contributed by atoms with Crippen LogP contribution in [0.15, 0.2) is 23.1 Å². The summed E-state index contributed by atoms with van der Waals surface area (Å²) >= 11 is 1.98. The fraction of sp³-hybridized carbons (Fsp3) is 0.500. The van der Waals surface area contributed by atoms with Crippen LogP contribution in [0.4, 0.5) is 5.69 Å². The van der Waals surface area contributed by atoms with E-state index in [0.29, 0.717) is 12.2 Å². The number of thioether (sulfide) groups is 1. The summed E-state index contributed by atoms with van der Waals surface area (Å²) in [5, 5.41) is 14.3. The molecule has 2 aromatic rings. The minimum absolute atomic E-state index is 0.137. The molecule has 1 aromatic heterocycles. The molecule has 4 rings (SSSR count). The van der Waals surface area contributed by atoms with Crippen LogP contribution in [-0.4, -0.2) is 27.9 Å². The van der Waals surface area contributed by atoms with Gasteiger partial charge in [-0.15, -0.1) is 11.8 Å². The van der Waals surface area contributed by atoms with Gasteiger partial charge in [-0.3, -0.25) is 9.89 Å². The van der Waals surface area contributed by atoms with E-state index < -0.39 is 0 Å². The highest BCUT2D eigenvalue weighted by atomic mass is 32.2. The van der Waals surface area contributed by atoms with Crippen LogP contribution in [-0.2, 0) is 13.0 Å². The number of fused-ring (bicyclic) bond motifs is 1. The van der Waals surface area contributed by atoms with E-state index in [4.69, 9.17) is 0 Å². The zero-order valence-corrected chi connectivity index (χ0v) is 16.0. The summed E-state index contributed by atoms with van der Waals surface area (Å²) in [5.74, 6) is -0.137. The molecule has 0 bridgehead atoms. The van der Waals surface area contributed by atoms with Gasteiger partial charge in [0.25, 0.3) is 5.91 Å². The van der Waals surface area contributed by atoms with Crippen molar-refractivity contribution in [1.82, 2.24) is 15.5 Å². The van der Waals surface area contributed by atoms with E-state index >= 15 is 0 Å². The summed E-state index contributed by atoms with van der Waals surface area (Å²) in [6.07, 6.45) is 7.62. The number of rotatable bonds is 4. The molecule has 1 aromatic carbocycles. The molecule has 0 atom stereocenters. The Morgan fingerprint density at radius 1 is 1.27 bits per heavy atom. The van der Waals surface area contributed by atoms with Crippen LogP contribution in [0.2, 0.25) is 0 Å². The molecule has 0 spiro atoms. The Bertz CT molecular complexity index is 795. The number of nitrogens with zero attached hydrogens (tertiary/aromatic N) is 1. The lowest BCUT2D eigenvalue weighted by atomic mass is 10.0. The molecule has 138 valence electrons. The number of aromatic nitrogens is 2. The smallest absolute Gasteiger partial charge is 0.276 e. The van der Waals surface area contributed by atoms with Crippen molar-refractivity contribution in [1.29, 1.82) is 0 Å². The number of hydrogen-bond donors (Lipinski definition) is 3. The highest BCUT2D eigenvalue weighted by molar-refractivity contribution is 8.00. The standard InChI is InChI=1S/C20H26N4OS/c1-13-11-15(26-14-5-3-2-4-6-14)7-8-17(13)22-20(25)19-16-12-21-10-9-18(16)23-24-19/h7-8,11,14,21H,2-6,9-10,12H2,1H3,(H,22,25)(H,23,24). The predicted octanol–water partition coefficient (Wildman–Crippen LogP) is 4.04. The lowest BCUT2D eigenvalue weighted by Crippen LogP contribution is -2.25. The topological polar surface area (TPSA) is 69.8 Å². The first-order valence-electron chi connectivity index (χ1n) is 9.56. The predicted molar refractivity (Wildman–Crippen MR) is 106 cm³/mol. The number of aryl methyl sites for hydroxylation is 1. The number of anilines is 1. The maximum absolute atomic E-state index is 12.7. The van der Waals surface area contributed by atoms with Gasteiger partial charge < -0.3 is 10.6 Å². The van der Waals surface area contributed by atoms with Crippen LogP contribution in [0.3, 0.4) is 0 Å². The summed E-state index contributed by atoms with van der Waals surface area (Å²) in [6.45, 7) is 3.68. The van der Waals surface area contributed by atoms with Gasteiger partial charge in [-0.05, 0) is 43.5 Å². The van der Waals surface area contributed by atoms with Gasteiger partial charge in [0, 0.05) is 46.6 Å². The van der Waals surface area contributed by atoms with Crippen molar-refractivity contribution in [2.75, 3.05) is 11.9 Å². The zero-order valence-electron chi connectivity index (χ0n) is 15.2. The molecular formula is C20H26N4OS. The molecule has 2 heterocycles. The average molecular weight is 371 g/mol. The van der Waals surface area contributed by atoms with Gasteiger partial charge in [0.15, 0.2) is 5.69 Å². The van der Waals surface area contributed by atoms with Crippen molar-refractivity contribution in [3.8, 4) is 0 Å². The molecule has 1 amide bonds. The summed E-state index contributed by atoms with van der Waals surface area (Å²) in [7, 11) is 0. The second kappa shape index (κ2) is 7.84. The number of carbonyl (C=O) groups is 1. The summed E-state index contributed by atoms with van der Waals surface area (Å²) in [6, 6.07) is 6.34. The third-order valence-corrected chi connectivity index (χ3v) is 6.65. The number of benzene rings is 1. The highest BCUT2D eigenvalue weighted by Crippen LogP contribution is 2.35. The molecule has 0 radical (unpaired) electrons. The fourth-order valence-corrected chi connectivity index (χ4v) is 5.17. The number of H-pyrrole nitrogens is 1. The highest BCUT2D eigenvalue weighted by Gasteiger charge is 2.22. The van der Waals surface area contributed by atoms with Crippen molar-refractivity contribution in [2.24, 2.45) is 0 Å². The Morgan fingerprint density at radius 3 is 2.92 bits per heavy atom. The lowest BCUT2D eigenvalue weighted by molar-refractivity contribution is 0.102. The van der Waals surface area contributed by atoms with Crippen molar-refractivity contribution in [3.05, 3.63) is 40.7 Å². The second-order valence-corrected chi connectivity index (χ2v) is 8.64. The van der Waals surface area contributed by atoms with E-state index in [2.05, 4.69) is 39.9 Å². The Hall–Kier alpha value is -1.79.